The number of benzene rings is 1. The van der Waals surface area contributed by atoms with Crippen LogP contribution in [0, 0.1) is 17.2 Å². The van der Waals surface area contributed by atoms with Crippen LogP contribution in [0.2, 0.25) is 0 Å². The molecule has 5 rings (SSSR count). The van der Waals surface area contributed by atoms with Crippen molar-refractivity contribution in [1.29, 1.82) is 0 Å². The molecule has 0 bridgehead atoms. The molecule has 1 saturated heterocycles. The number of hydrogen-bond donors (Lipinski definition) is 2. The van der Waals surface area contributed by atoms with Crippen LogP contribution >= 0.6 is 0 Å². The molecule has 8 nitrogen and oxygen atoms in total. The monoisotopic (exact) mass is 535 g/mol. The molecule has 2 N–H and O–H groups in total. The second kappa shape index (κ2) is 11.4. The molecule has 1 aromatic carbocycles. The minimum Gasteiger partial charge on any atom is -0.364 e. The highest BCUT2D eigenvalue weighted by Gasteiger charge is 2.59. The van der Waals surface area contributed by atoms with E-state index in [1.165, 1.54) is 12.3 Å². The number of unbranched alkanes of at least 4 members (excludes halogenated alkanes) is 2. The SMILES string of the molecule is CCN1CCC2(CC1)C[C@@H]2C(=O)NC(C)(CCCCCC(=O)c1ccon1)c1ncc(-c2ccccc2F)[nH]1. The van der Waals surface area contributed by atoms with Crippen molar-refractivity contribution in [2.75, 3.05) is 19.6 Å². The number of amides is 1. The molecule has 39 heavy (non-hydrogen) atoms. The molecule has 2 aliphatic rings. The summed E-state index contributed by atoms with van der Waals surface area (Å²) in [6, 6.07) is 8.16. The third-order valence-electron chi connectivity index (χ3n) is 8.77. The normalized spacial score (nSPS) is 20.0. The van der Waals surface area contributed by atoms with Gasteiger partial charge in [0, 0.05) is 24.0 Å². The van der Waals surface area contributed by atoms with Crippen LogP contribution in [-0.4, -0.2) is 51.3 Å². The maximum atomic E-state index is 14.5. The van der Waals surface area contributed by atoms with E-state index >= 15 is 0 Å². The molecule has 2 atom stereocenters. The summed E-state index contributed by atoms with van der Waals surface area (Å²) < 4.78 is 19.2. The Balaban J connectivity index is 1.26. The van der Waals surface area contributed by atoms with Crippen LogP contribution in [0.15, 0.2) is 47.3 Å². The van der Waals surface area contributed by atoms with E-state index < -0.39 is 5.54 Å². The zero-order valence-corrected chi connectivity index (χ0v) is 22.8. The largest absolute Gasteiger partial charge is 0.364 e. The molecule has 1 amide bonds. The van der Waals surface area contributed by atoms with Crippen molar-refractivity contribution in [2.24, 2.45) is 11.3 Å². The fourth-order valence-electron chi connectivity index (χ4n) is 6.03. The highest BCUT2D eigenvalue weighted by molar-refractivity contribution is 5.93. The van der Waals surface area contributed by atoms with Crippen molar-refractivity contribution in [3.8, 4) is 11.3 Å². The number of carbonyl (C=O) groups excluding carboxylic acids is 2. The van der Waals surface area contributed by atoms with E-state index in [1.54, 1.807) is 30.5 Å². The molecule has 2 fully saturated rings. The van der Waals surface area contributed by atoms with E-state index in [-0.39, 0.29) is 28.8 Å². The number of likely N-dealkylation sites (tertiary alicyclic amines) is 1. The van der Waals surface area contributed by atoms with Crippen molar-refractivity contribution >= 4 is 11.7 Å². The zero-order chi connectivity index (χ0) is 27.5. The van der Waals surface area contributed by atoms with E-state index in [0.717, 1.165) is 51.7 Å². The summed E-state index contributed by atoms with van der Waals surface area (Å²) in [5, 5.41) is 7.05. The van der Waals surface area contributed by atoms with Gasteiger partial charge in [0.15, 0.2) is 5.78 Å². The second-order valence-electron chi connectivity index (χ2n) is 11.4. The second-order valence-corrected chi connectivity index (χ2v) is 11.4. The van der Waals surface area contributed by atoms with E-state index in [1.807, 2.05) is 6.92 Å². The smallest absolute Gasteiger partial charge is 0.224 e. The van der Waals surface area contributed by atoms with Gasteiger partial charge in [-0.15, -0.1) is 0 Å². The van der Waals surface area contributed by atoms with Crippen LogP contribution in [-0.2, 0) is 10.3 Å². The number of hydrogen-bond acceptors (Lipinski definition) is 6. The first kappa shape index (κ1) is 27.2. The molecule has 3 aromatic rings. The van der Waals surface area contributed by atoms with E-state index in [9.17, 15) is 14.0 Å². The van der Waals surface area contributed by atoms with E-state index in [4.69, 9.17) is 4.52 Å². The molecule has 1 aliphatic carbocycles. The van der Waals surface area contributed by atoms with Crippen molar-refractivity contribution in [3.05, 3.63) is 60.1 Å². The number of Topliss-reactive ketones (excluding diaryl/α,β-unsaturated/α-hetero) is 1. The van der Waals surface area contributed by atoms with Crippen LogP contribution in [0.5, 0.6) is 0 Å². The summed E-state index contributed by atoms with van der Waals surface area (Å²) in [5.74, 6) is 0.356. The summed E-state index contributed by atoms with van der Waals surface area (Å²) in [4.78, 5) is 36.2. The van der Waals surface area contributed by atoms with Crippen LogP contribution in [0.3, 0.4) is 0 Å². The minimum absolute atomic E-state index is 0.0249. The molecule has 1 spiro atoms. The zero-order valence-electron chi connectivity index (χ0n) is 22.8. The number of nitrogens with one attached hydrogen (secondary N) is 2. The fourth-order valence-corrected chi connectivity index (χ4v) is 6.03. The fraction of sp³-hybridized carbons (Fsp3) is 0.533. The first-order valence-corrected chi connectivity index (χ1v) is 14.1. The lowest BCUT2D eigenvalue weighted by atomic mass is 9.89. The van der Waals surface area contributed by atoms with Gasteiger partial charge in [-0.3, -0.25) is 9.59 Å². The third-order valence-corrected chi connectivity index (χ3v) is 8.77. The van der Waals surface area contributed by atoms with Crippen molar-refractivity contribution in [1.82, 2.24) is 25.3 Å². The number of ketones is 1. The Morgan fingerprint density at radius 3 is 2.72 bits per heavy atom. The topological polar surface area (TPSA) is 104 Å². The Morgan fingerprint density at radius 1 is 1.21 bits per heavy atom. The van der Waals surface area contributed by atoms with Gasteiger partial charge in [0.05, 0.1) is 17.4 Å². The Labute approximate surface area is 228 Å². The van der Waals surface area contributed by atoms with Crippen molar-refractivity contribution in [2.45, 2.75) is 70.8 Å². The first-order chi connectivity index (χ1) is 18.8. The van der Waals surface area contributed by atoms with Gasteiger partial charge in [-0.25, -0.2) is 9.37 Å². The predicted molar refractivity (Wildman–Crippen MR) is 145 cm³/mol. The van der Waals surface area contributed by atoms with Crippen molar-refractivity contribution < 1.29 is 18.5 Å². The van der Waals surface area contributed by atoms with Gasteiger partial charge in [-0.1, -0.05) is 37.1 Å². The van der Waals surface area contributed by atoms with Gasteiger partial charge < -0.3 is 19.7 Å². The molecule has 1 unspecified atom stereocenters. The van der Waals surface area contributed by atoms with Crippen LogP contribution in [0.25, 0.3) is 11.3 Å². The van der Waals surface area contributed by atoms with Gasteiger partial charge in [-0.05, 0) is 76.2 Å². The van der Waals surface area contributed by atoms with Crippen molar-refractivity contribution in [3.63, 3.8) is 0 Å². The van der Waals surface area contributed by atoms with Crippen LogP contribution in [0.4, 0.5) is 4.39 Å². The lowest BCUT2D eigenvalue weighted by Gasteiger charge is -2.33. The quantitative estimate of drug-likeness (QED) is 0.235. The summed E-state index contributed by atoms with van der Waals surface area (Å²) in [6.07, 6.45) is 9.46. The number of H-pyrrole nitrogens is 1. The maximum absolute atomic E-state index is 14.5. The van der Waals surface area contributed by atoms with Gasteiger partial charge in [0.1, 0.15) is 23.6 Å². The van der Waals surface area contributed by atoms with E-state index in [2.05, 4.69) is 32.3 Å². The summed E-state index contributed by atoms with van der Waals surface area (Å²) in [5.41, 5.74) is 0.757. The molecular weight excluding hydrogens is 497 g/mol. The molecule has 208 valence electrons. The summed E-state index contributed by atoms with van der Waals surface area (Å²) >= 11 is 0. The molecule has 1 aliphatic heterocycles. The number of imidazole rings is 1. The number of aromatic amines is 1. The lowest BCUT2D eigenvalue weighted by Crippen LogP contribution is -2.46. The Kier molecular flexibility index (Phi) is 7.98. The number of halogens is 1. The molecule has 9 heteroatoms. The first-order valence-electron chi connectivity index (χ1n) is 14.1. The number of rotatable bonds is 12. The maximum Gasteiger partial charge on any atom is 0.224 e. The Hall–Kier alpha value is -3.33. The number of aromatic nitrogens is 3. The minimum atomic E-state index is -0.745. The predicted octanol–water partition coefficient (Wildman–Crippen LogP) is 5.49. The van der Waals surface area contributed by atoms with E-state index in [0.29, 0.717) is 42.0 Å². The molecular formula is C30H38FN5O3. The van der Waals surface area contributed by atoms with Crippen LogP contribution < -0.4 is 5.32 Å². The Bertz CT molecular complexity index is 1280. The average Bonchev–Trinajstić information content (AvgIpc) is 3.31. The summed E-state index contributed by atoms with van der Waals surface area (Å²) in [6.45, 7) is 7.33. The highest BCUT2D eigenvalue weighted by Crippen LogP contribution is 2.59. The molecule has 0 radical (unpaired) electrons. The van der Waals surface area contributed by atoms with Crippen LogP contribution in [0.1, 0.15) is 81.5 Å². The Morgan fingerprint density at radius 2 is 2.00 bits per heavy atom. The standard InChI is InChI=1S/C30H38FN5O3/c1-3-36-16-14-30(15-17-36)19-22(30)27(38)34-29(2,13-8-4-5-11-26(37)24-12-18-39-35-24)28-32-20-25(33-28)21-9-6-7-10-23(21)31/h6-7,9-10,12,18,20,22H,3-5,8,11,13-17,19H2,1-2H3,(H,32,33)(H,34,38)/t22-,29?/m1/s1. The van der Waals surface area contributed by atoms with Gasteiger partial charge in [0.25, 0.3) is 0 Å². The number of piperidine rings is 1. The summed E-state index contributed by atoms with van der Waals surface area (Å²) in [7, 11) is 0. The third kappa shape index (κ3) is 5.98. The molecule has 1 saturated carbocycles. The van der Waals surface area contributed by atoms with Gasteiger partial charge >= 0.3 is 0 Å². The lowest BCUT2D eigenvalue weighted by molar-refractivity contribution is -0.125. The number of nitrogens with zero attached hydrogens (tertiary/aromatic N) is 3. The average molecular weight is 536 g/mol. The van der Waals surface area contributed by atoms with Gasteiger partial charge in [-0.2, -0.15) is 0 Å². The number of carbonyl (C=O) groups is 2. The molecule has 2 aromatic heterocycles. The highest BCUT2D eigenvalue weighted by atomic mass is 19.1. The van der Waals surface area contributed by atoms with Gasteiger partial charge in [0.2, 0.25) is 5.91 Å². The molecule has 3 heterocycles.